The van der Waals surface area contributed by atoms with E-state index in [1.807, 2.05) is 26.0 Å². The van der Waals surface area contributed by atoms with E-state index in [1.165, 1.54) is 6.07 Å². The first-order valence-electron chi connectivity index (χ1n) is 8.16. The number of halogens is 3. The molecule has 0 fully saturated rings. The SMILES string of the molecule is CCc1cc(Sc2ccc(C)cc2C)c(C(F)(F)F)cc1C(=O)N=C(N)N. The largest absolute Gasteiger partial charge is 0.417 e. The van der Waals surface area contributed by atoms with E-state index in [2.05, 4.69) is 4.99 Å². The van der Waals surface area contributed by atoms with Crippen molar-refractivity contribution in [3.8, 4) is 0 Å². The van der Waals surface area contributed by atoms with Crippen LogP contribution in [0.15, 0.2) is 45.1 Å². The van der Waals surface area contributed by atoms with Crippen molar-refractivity contribution in [2.75, 3.05) is 0 Å². The maximum absolute atomic E-state index is 13.6. The van der Waals surface area contributed by atoms with Crippen LogP contribution in [-0.4, -0.2) is 11.9 Å². The normalized spacial score (nSPS) is 11.3. The fourth-order valence-electron chi connectivity index (χ4n) is 2.63. The van der Waals surface area contributed by atoms with E-state index in [9.17, 15) is 18.0 Å². The molecule has 0 aliphatic rings. The maximum Gasteiger partial charge on any atom is 0.417 e. The minimum atomic E-state index is -4.62. The molecule has 0 saturated heterocycles. The van der Waals surface area contributed by atoms with E-state index in [4.69, 9.17) is 11.5 Å². The Kier molecular flexibility index (Phi) is 6.20. The molecule has 4 N–H and O–H groups in total. The van der Waals surface area contributed by atoms with Gasteiger partial charge in [0.05, 0.1) is 5.56 Å². The summed E-state index contributed by atoms with van der Waals surface area (Å²) in [7, 11) is 0. The zero-order valence-electron chi connectivity index (χ0n) is 15.1. The molecule has 0 atom stereocenters. The number of benzene rings is 2. The molecule has 0 spiro atoms. The number of aliphatic imine (C=N–C) groups is 1. The van der Waals surface area contributed by atoms with Crippen LogP contribution < -0.4 is 11.5 Å². The average Bonchev–Trinajstić information content (AvgIpc) is 2.55. The molecule has 0 saturated carbocycles. The van der Waals surface area contributed by atoms with Gasteiger partial charge in [-0.2, -0.15) is 18.2 Å². The van der Waals surface area contributed by atoms with E-state index in [0.717, 1.165) is 33.9 Å². The topological polar surface area (TPSA) is 81.5 Å². The van der Waals surface area contributed by atoms with Gasteiger partial charge in [0.15, 0.2) is 5.96 Å². The van der Waals surface area contributed by atoms with Gasteiger partial charge in [-0.3, -0.25) is 4.79 Å². The van der Waals surface area contributed by atoms with Gasteiger partial charge in [0.1, 0.15) is 0 Å². The zero-order valence-corrected chi connectivity index (χ0v) is 16.0. The molecule has 2 aromatic rings. The summed E-state index contributed by atoms with van der Waals surface area (Å²) in [5.74, 6) is -1.38. The number of nitrogens with two attached hydrogens (primary N) is 2. The maximum atomic E-state index is 13.6. The molecule has 0 unspecified atom stereocenters. The Morgan fingerprint density at radius 2 is 1.78 bits per heavy atom. The number of carbonyl (C=O) groups is 1. The third-order valence-electron chi connectivity index (χ3n) is 3.90. The summed E-state index contributed by atoms with van der Waals surface area (Å²) in [6.07, 6.45) is -4.26. The third kappa shape index (κ3) is 5.03. The fraction of sp³-hybridized carbons (Fsp3) is 0.263. The number of hydrogen-bond acceptors (Lipinski definition) is 2. The molecule has 144 valence electrons. The lowest BCUT2D eigenvalue weighted by Gasteiger charge is -2.17. The minimum Gasteiger partial charge on any atom is -0.370 e. The Morgan fingerprint density at radius 1 is 1.11 bits per heavy atom. The summed E-state index contributed by atoms with van der Waals surface area (Å²) in [5.41, 5.74) is 11.7. The quantitative estimate of drug-likeness (QED) is 0.592. The van der Waals surface area contributed by atoms with Crippen molar-refractivity contribution >= 4 is 23.6 Å². The lowest BCUT2D eigenvalue weighted by Crippen LogP contribution is -2.24. The molecular weight excluding hydrogens is 375 g/mol. The van der Waals surface area contributed by atoms with Crippen molar-refractivity contribution in [1.82, 2.24) is 0 Å². The summed E-state index contributed by atoms with van der Waals surface area (Å²) >= 11 is 1.02. The van der Waals surface area contributed by atoms with Crippen LogP contribution in [-0.2, 0) is 12.6 Å². The highest BCUT2D eigenvalue weighted by Gasteiger charge is 2.35. The molecule has 0 heterocycles. The van der Waals surface area contributed by atoms with Crippen molar-refractivity contribution in [3.05, 3.63) is 58.1 Å². The fourth-order valence-corrected chi connectivity index (χ4v) is 3.71. The van der Waals surface area contributed by atoms with Gasteiger partial charge in [-0.15, -0.1) is 0 Å². The van der Waals surface area contributed by atoms with Crippen molar-refractivity contribution in [3.63, 3.8) is 0 Å². The first-order chi connectivity index (χ1) is 12.5. The number of carbonyl (C=O) groups excluding carboxylic acids is 1. The summed E-state index contributed by atoms with van der Waals surface area (Å²) < 4.78 is 40.9. The van der Waals surface area contributed by atoms with E-state index in [0.29, 0.717) is 12.0 Å². The number of nitrogens with zero attached hydrogens (tertiary/aromatic N) is 1. The number of amides is 1. The molecule has 0 radical (unpaired) electrons. The predicted molar refractivity (Wildman–Crippen MR) is 101 cm³/mol. The highest BCUT2D eigenvalue weighted by atomic mass is 32.2. The van der Waals surface area contributed by atoms with Crippen LogP contribution in [0.4, 0.5) is 13.2 Å². The van der Waals surface area contributed by atoms with Gasteiger partial charge in [0.2, 0.25) is 0 Å². The predicted octanol–water partition coefficient (Wildman–Crippen LogP) is 4.45. The van der Waals surface area contributed by atoms with Gasteiger partial charge < -0.3 is 11.5 Å². The first-order valence-corrected chi connectivity index (χ1v) is 8.97. The minimum absolute atomic E-state index is 0.0348. The molecule has 0 aromatic heterocycles. The number of alkyl halides is 3. The number of guanidine groups is 1. The molecular formula is C19H20F3N3OS. The average molecular weight is 395 g/mol. The smallest absolute Gasteiger partial charge is 0.370 e. The molecule has 2 rings (SSSR count). The van der Waals surface area contributed by atoms with Gasteiger partial charge in [0, 0.05) is 15.4 Å². The monoisotopic (exact) mass is 395 g/mol. The van der Waals surface area contributed by atoms with Crippen LogP contribution in [0, 0.1) is 13.8 Å². The van der Waals surface area contributed by atoms with E-state index >= 15 is 0 Å². The molecule has 1 amide bonds. The Hall–Kier alpha value is -2.48. The summed E-state index contributed by atoms with van der Waals surface area (Å²) in [6.45, 7) is 5.52. The summed E-state index contributed by atoms with van der Waals surface area (Å²) in [4.78, 5) is 16.3. The van der Waals surface area contributed by atoms with Crippen LogP contribution in [0.25, 0.3) is 0 Å². The Labute approximate surface area is 159 Å². The Balaban J connectivity index is 2.63. The van der Waals surface area contributed by atoms with Crippen molar-refractivity contribution in [2.24, 2.45) is 16.5 Å². The van der Waals surface area contributed by atoms with Crippen LogP contribution in [0.5, 0.6) is 0 Å². The zero-order chi connectivity index (χ0) is 20.4. The lowest BCUT2D eigenvalue weighted by molar-refractivity contribution is -0.139. The molecule has 0 aliphatic carbocycles. The summed E-state index contributed by atoms with van der Waals surface area (Å²) in [6, 6.07) is 7.77. The van der Waals surface area contributed by atoms with E-state index in [-0.39, 0.29) is 10.5 Å². The van der Waals surface area contributed by atoms with Crippen molar-refractivity contribution in [2.45, 2.75) is 43.2 Å². The van der Waals surface area contributed by atoms with E-state index in [1.54, 1.807) is 13.0 Å². The first kappa shape index (κ1) is 20.8. The van der Waals surface area contributed by atoms with Gasteiger partial charge >= 0.3 is 6.18 Å². The van der Waals surface area contributed by atoms with Crippen molar-refractivity contribution < 1.29 is 18.0 Å². The lowest BCUT2D eigenvalue weighted by atomic mass is 10.0. The highest BCUT2D eigenvalue weighted by molar-refractivity contribution is 7.99. The molecule has 8 heteroatoms. The van der Waals surface area contributed by atoms with Crippen LogP contribution >= 0.6 is 11.8 Å². The van der Waals surface area contributed by atoms with Gasteiger partial charge in [-0.05, 0) is 49.6 Å². The number of hydrogen-bond donors (Lipinski definition) is 2. The molecule has 0 bridgehead atoms. The second kappa shape index (κ2) is 8.04. The van der Waals surface area contributed by atoms with E-state index < -0.39 is 23.6 Å². The second-order valence-electron chi connectivity index (χ2n) is 6.07. The second-order valence-corrected chi connectivity index (χ2v) is 7.15. The molecule has 0 aliphatic heterocycles. The van der Waals surface area contributed by atoms with Crippen LogP contribution in [0.3, 0.4) is 0 Å². The number of rotatable bonds is 4. The molecule has 27 heavy (non-hydrogen) atoms. The summed E-state index contributed by atoms with van der Waals surface area (Å²) in [5, 5.41) is 0. The van der Waals surface area contributed by atoms with Crippen LogP contribution in [0.2, 0.25) is 0 Å². The Bertz CT molecular complexity index is 904. The van der Waals surface area contributed by atoms with Gasteiger partial charge in [-0.25, -0.2) is 0 Å². The van der Waals surface area contributed by atoms with Crippen molar-refractivity contribution in [1.29, 1.82) is 0 Å². The highest BCUT2D eigenvalue weighted by Crippen LogP contribution is 2.42. The van der Waals surface area contributed by atoms with Gasteiger partial charge in [0.25, 0.3) is 5.91 Å². The molecule has 2 aromatic carbocycles. The third-order valence-corrected chi connectivity index (χ3v) is 5.14. The van der Waals surface area contributed by atoms with Gasteiger partial charge in [-0.1, -0.05) is 36.4 Å². The standard InChI is InChI=1S/C19H20F3N3OS/c1-4-12-8-16(27-15-6-5-10(2)7-11(15)3)14(19(20,21)22)9-13(12)17(26)25-18(23)24/h5-9H,4H2,1-3H3,(H4,23,24,25,26). The number of aryl methyl sites for hydroxylation is 3. The Morgan fingerprint density at radius 3 is 2.30 bits per heavy atom. The van der Waals surface area contributed by atoms with Crippen LogP contribution in [0.1, 0.15) is 39.5 Å². The molecule has 4 nitrogen and oxygen atoms in total.